The lowest BCUT2D eigenvalue weighted by molar-refractivity contribution is 0.0978. The number of carbonyl (C=O) groups excluding carboxylic acids is 1. The number of anilines is 1. The molecule has 0 fully saturated rings. The summed E-state index contributed by atoms with van der Waals surface area (Å²) in [6.07, 6.45) is 1.88. The molecule has 6 nitrogen and oxygen atoms in total. The topological polar surface area (TPSA) is 79.4 Å². The number of nitrogens with one attached hydrogen (secondary N) is 1. The SMILES string of the molecule is Cc1sc(N(CCCc2ccccc2)Cc2ccccc2)nc1C(=O)N[SH](=O)=O. The Morgan fingerprint density at radius 2 is 1.66 bits per heavy atom. The maximum absolute atomic E-state index is 12.1. The van der Waals surface area contributed by atoms with Crippen LogP contribution in [0.3, 0.4) is 0 Å². The van der Waals surface area contributed by atoms with Crippen molar-refractivity contribution >= 4 is 33.3 Å². The number of benzene rings is 2. The van der Waals surface area contributed by atoms with Crippen molar-refractivity contribution < 1.29 is 13.2 Å². The average molecular weight is 430 g/mol. The number of hydrogen-bond donors (Lipinski definition) is 2. The first-order chi connectivity index (χ1) is 14.0. The fraction of sp³-hybridized carbons (Fsp3) is 0.238. The van der Waals surface area contributed by atoms with Gasteiger partial charge in [0.15, 0.2) is 5.13 Å². The van der Waals surface area contributed by atoms with E-state index in [4.69, 9.17) is 0 Å². The minimum atomic E-state index is -3.01. The van der Waals surface area contributed by atoms with Gasteiger partial charge < -0.3 is 4.90 Å². The summed E-state index contributed by atoms with van der Waals surface area (Å²) >= 11 is 1.40. The van der Waals surface area contributed by atoms with Gasteiger partial charge in [0.05, 0.1) is 0 Å². The lowest BCUT2D eigenvalue weighted by Crippen LogP contribution is -2.25. The Bertz CT molecular complexity index is 1010. The monoisotopic (exact) mass is 429 g/mol. The normalized spacial score (nSPS) is 10.8. The second kappa shape index (κ2) is 10.2. The van der Waals surface area contributed by atoms with Crippen LogP contribution >= 0.6 is 11.3 Å². The molecule has 2 aromatic carbocycles. The first kappa shape index (κ1) is 21.0. The molecule has 0 saturated heterocycles. The van der Waals surface area contributed by atoms with Gasteiger partial charge in [0, 0.05) is 18.0 Å². The Morgan fingerprint density at radius 3 is 2.28 bits per heavy atom. The molecule has 0 aliphatic rings. The number of rotatable bonds is 9. The lowest BCUT2D eigenvalue weighted by Gasteiger charge is -2.22. The van der Waals surface area contributed by atoms with Gasteiger partial charge in [-0.1, -0.05) is 60.7 Å². The summed E-state index contributed by atoms with van der Waals surface area (Å²) in [5, 5.41) is 0.714. The Labute approximate surface area is 176 Å². The summed E-state index contributed by atoms with van der Waals surface area (Å²) in [6.45, 7) is 3.21. The molecule has 29 heavy (non-hydrogen) atoms. The average Bonchev–Trinajstić information content (AvgIpc) is 3.10. The van der Waals surface area contributed by atoms with Gasteiger partial charge in [0.2, 0.25) is 10.9 Å². The van der Waals surface area contributed by atoms with Crippen LogP contribution in [0.5, 0.6) is 0 Å². The zero-order valence-electron chi connectivity index (χ0n) is 16.1. The summed E-state index contributed by atoms with van der Waals surface area (Å²) in [5.74, 6) is -0.690. The molecule has 152 valence electrons. The zero-order chi connectivity index (χ0) is 20.6. The molecule has 8 heteroatoms. The van der Waals surface area contributed by atoms with Crippen molar-refractivity contribution in [1.29, 1.82) is 0 Å². The van der Waals surface area contributed by atoms with Crippen LogP contribution in [0.1, 0.15) is 32.9 Å². The van der Waals surface area contributed by atoms with E-state index in [1.807, 2.05) is 41.1 Å². The van der Waals surface area contributed by atoms with Gasteiger partial charge in [-0.2, -0.15) is 0 Å². The quantitative estimate of drug-likeness (QED) is 0.510. The lowest BCUT2D eigenvalue weighted by atomic mass is 10.1. The van der Waals surface area contributed by atoms with Crippen LogP contribution in [-0.4, -0.2) is 25.9 Å². The standard InChI is InChI=1S/C21H23N3O3S2/c1-16-19(20(25)23-29(26)27)22-21(28-16)24(15-18-11-6-3-7-12-18)14-8-13-17-9-4-2-5-10-17/h2-7,9-12,29H,8,13-15H2,1H3,(H,23,25,26,27). The number of carbonyl (C=O) groups is 1. The highest BCUT2D eigenvalue weighted by molar-refractivity contribution is 7.71. The van der Waals surface area contributed by atoms with Crippen LogP contribution in [0.25, 0.3) is 0 Å². The van der Waals surface area contributed by atoms with Crippen LogP contribution < -0.4 is 9.62 Å². The highest BCUT2D eigenvalue weighted by Gasteiger charge is 2.19. The number of aryl methyl sites for hydroxylation is 2. The molecule has 1 heterocycles. The van der Waals surface area contributed by atoms with Gasteiger partial charge in [-0.05, 0) is 30.9 Å². The number of thiazole rings is 1. The van der Waals surface area contributed by atoms with Crippen molar-refractivity contribution in [2.75, 3.05) is 11.4 Å². The molecule has 0 aliphatic carbocycles. The van der Waals surface area contributed by atoms with Crippen LogP contribution in [0.15, 0.2) is 60.7 Å². The van der Waals surface area contributed by atoms with Crippen LogP contribution in [0, 0.1) is 6.92 Å². The van der Waals surface area contributed by atoms with E-state index in [0.717, 1.165) is 24.9 Å². The number of thiol groups is 1. The van der Waals surface area contributed by atoms with Gasteiger partial charge in [0.1, 0.15) is 5.69 Å². The Morgan fingerprint density at radius 1 is 1.03 bits per heavy atom. The van der Waals surface area contributed by atoms with E-state index in [9.17, 15) is 13.2 Å². The fourth-order valence-electron chi connectivity index (χ4n) is 3.03. The van der Waals surface area contributed by atoms with E-state index in [0.29, 0.717) is 16.6 Å². The van der Waals surface area contributed by atoms with Gasteiger partial charge in [-0.3, -0.25) is 4.79 Å². The summed E-state index contributed by atoms with van der Waals surface area (Å²) < 4.78 is 23.6. The van der Waals surface area contributed by atoms with Crippen LogP contribution in [-0.2, 0) is 23.9 Å². The molecule has 3 rings (SSSR count). The predicted molar refractivity (Wildman–Crippen MR) is 117 cm³/mol. The molecule has 0 saturated carbocycles. The highest BCUT2D eigenvalue weighted by atomic mass is 32.2. The van der Waals surface area contributed by atoms with E-state index in [2.05, 4.69) is 34.1 Å². The van der Waals surface area contributed by atoms with Crippen molar-refractivity contribution in [3.8, 4) is 0 Å². The van der Waals surface area contributed by atoms with Gasteiger partial charge in [-0.25, -0.2) is 18.1 Å². The third-order valence-electron chi connectivity index (χ3n) is 4.42. The van der Waals surface area contributed by atoms with Crippen molar-refractivity contribution in [2.24, 2.45) is 0 Å². The third-order valence-corrected chi connectivity index (χ3v) is 5.83. The second-order valence-corrected chi connectivity index (χ2v) is 8.52. The van der Waals surface area contributed by atoms with Crippen molar-refractivity contribution in [2.45, 2.75) is 26.3 Å². The highest BCUT2D eigenvalue weighted by Crippen LogP contribution is 2.27. The van der Waals surface area contributed by atoms with E-state index in [1.54, 1.807) is 6.92 Å². The fourth-order valence-corrected chi connectivity index (χ4v) is 4.23. The Balaban J connectivity index is 1.77. The minimum Gasteiger partial charge on any atom is -0.344 e. The van der Waals surface area contributed by atoms with E-state index in [-0.39, 0.29) is 5.69 Å². The zero-order valence-corrected chi connectivity index (χ0v) is 17.8. The summed E-state index contributed by atoms with van der Waals surface area (Å²) in [5.41, 5.74) is 2.58. The summed E-state index contributed by atoms with van der Waals surface area (Å²) in [6, 6.07) is 20.4. The summed E-state index contributed by atoms with van der Waals surface area (Å²) in [4.78, 5) is 19.4. The third kappa shape index (κ3) is 6.13. The minimum absolute atomic E-state index is 0.158. The molecule has 0 unspecified atom stereocenters. The maximum Gasteiger partial charge on any atom is 0.284 e. The van der Waals surface area contributed by atoms with Crippen LogP contribution in [0.2, 0.25) is 0 Å². The van der Waals surface area contributed by atoms with Gasteiger partial charge in [0.25, 0.3) is 5.91 Å². The molecule has 0 spiro atoms. The molecule has 0 bridgehead atoms. The Hall–Kier alpha value is -2.71. The molecule has 1 N–H and O–H groups in total. The maximum atomic E-state index is 12.1. The van der Waals surface area contributed by atoms with Gasteiger partial charge in [-0.15, -0.1) is 11.3 Å². The molecular formula is C21H23N3O3S2. The largest absolute Gasteiger partial charge is 0.344 e. The predicted octanol–water partition coefficient (Wildman–Crippen LogP) is 3.35. The Kier molecular flexibility index (Phi) is 7.37. The molecule has 1 amide bonds. The van der Waals surface area contributed by atoms with Crippen molar-refractivity contribution in [3.63, 3.8) is 0 Å². The van der Waals surface area contributed by atoms with Crippen molar-refractivity contribution in [3.05, 3.63) is 82.4 Å². The van der Waals surface area contributed by atoms with E-state index in [1.165, 1.54) is 16.9 Å². The van der Waals surface area contributed by atoms with E-state index < -0.39 is 16.8 Å². The first-order valence-corrected chi connectivity index (χ1v) is 11.3. The number of nitrogens with zero attached hydrogens (tertiary/aromatic N) is 2. The number of amides is 1. The number of aromatic nitrogens is 1. The molecule has 0 radical (unpaired) electrons. The molecule has 3 aromatic rings. The van der Waals surface area contributed by atoms with Crippen LogP contribution in [0.4, 0.5) is 5.13 Å². The molecule has 0 aliphatic heterocycles. The molecular weight excluding hydrogens is 406 g/mol. The second-order valence-electron chi connectivity index (χ2n) is 6.60. The molecule has 1 aromatic heterocycles. The smallest absolute Gasteiger partial charge is 0.284 e. The van der Waals surface area contributed by atoms with Crippen molar-refractivity contribution in [1.82, 2.24) is 9.71 Å². The first-order valence-electron chi connectivity index (χ1n) is 9.28. The summed E-state index contributed by atoms with van der Waals surface area (Å²) in [7, 11) is -3.01. The number of hydrogen-bond acceptors (Lipinski definition) is 6. The molecule has 0 atom stereocenters. The van der Waals surface area contributed by atoms with Gasteiger partial charge >= 0.3 is 0 Å². The van der Waals surface area contributed by atoms with E-state index >= 15 is 0 Å².